The van der Waals surface area contributed by atoms with Crippen molar-refractivity contribution >= 4 is 29.2 Å². The summed E-state index contributed by atoms with van der Waals surface area (Å²) in [7, 11) is 0. The monoisotopic (exact) mass is 466 g/mol. The molecule has 3 fully saturated rings. The Kier molecular flexibility index (Phi) is 6.19. The fourth-order valence-electron chi connectivity index (χ4n) is 5.69. The quantitative estimate of drug-likeness (QED) is 0.660. The molecular weight excluding hydrogens is 436 g/mol. The van der Waals surface area contributed by atoms with Gasteiger partial charge in [-0.25, -0.2) is 4.79 Å². The number of likely N-dealkylation sites (tertiary alicyclic amines) is 1. The fourth-order valence-corrected chi connectivity index (χ4v) is 6.39. The lowest BCUT2D eigenvalue weighted by atomic mass is 9.75. The zero-order valence-electron chi connectivity index (χ0n) is 18.7. The molecule has 2 saturated heterocycles. The smallest absolute Gasteiger partial charge is 0.325 e. The van der Waals surface area contributed by atoms with Gasteiger partial charge < -0.3 is 10.2 Å². The number of carbonyl (C=O) groups is 3. The number of rotatable bonds is 6. The van der Waals surface area contributed by atoms with Gasteiger partial charge in [0.2, 0.25) is 5.91 Å². The topological polar surface area (TPSA) is 82.6 Å². The molecule has 0 radical (unpaired) electrons. The van der Waals surface area contributed by atoms with Crippen LogP contribution < -0.4 is 5.32 Å². The van der Waals surface area contributed by atoms with Crippen molar-refractivity contribution < 1.29 is 14.4 Å². The third kappa shape index (κ3) is 4.05. The average molecular weight is 467 g/mol. The fraction of sp³-hybridized carbons (Fsp3) is 0.520. The van der Waals surface area contributed by atoms with Crippen molar-refractivity contribution in [1.29, 1.82) is 0 Å². The van der Waals surface area contributed by atoms with Crippen LogP contribution in [-0.4, -0.2) is 52.3 Å². The third-order valence-corrected chi connectivity index (χ3v) is 8.42. The molecule has 1 N–H and O–H groups in total. The Labute approximate surface area is 198 Å². The van der Waals surface area contributed by atoms with Crippen molar-refractivity contribution in [2.45, 2.75) is 50.5 Å². The van der Waals surface area contributed by atoms with Crippen LogP contribution in [0.1, 0.15) is 49.1 Å². The Balaban J connectivity index is 1.36. The summed E-state index contributed by atoms with van der Waals surface area (Å²) < 4.78 is 0. The molecule has 3 aliphatic rings. The van der Waals surface area contributed by atoms with Crippen LogP contribution in [0.5, 0.6) is 0 Å². The minimum atomic E-state index is -1.17. The highest BCUT2D eigenvalue weighted by Crippen LogP contribution is 2.41. The van der Waals surface area contributed by atoms with E-state index in [1.807, 2.05) is 40.6 Å². The highest BCUT2D eigenvalue weighted by Gasteiger charge is 2.58. The molecule has 1 atom stereocenters. The summed E-state index contributed by atoms with van der Waals surface area (Å²) in [6.07, 6.45) is 7.90. The standard InChI is InChI=1S/C25H30N4O3S/c30-22(18-6-1-2-7-18)28-14-10-19(11-15-28)25(21-9-3-4-13-26-21)23(31)29(24(32)27-25)16-12-20-8-5-17-33-20/h3-5,8-9,13,17-19H,1-2,6-7,10-12,14-16H2,(H,27,32)/t25-/m1/s1. The van der Waals surface area contributed by atoms with Crippen LogP contribution in [0.15, 0.2) is 41.9 Å². The second kappa shape index (κ2) is 9.25. The van der Waals surface area contributed by atoms with Gasteiger partial charge in [-0.2, -0.15) is 0 Å². The van der Waals surface area contributed by atoms with Gasteiger partial charge in [-0.15, -0.1) is 11.3 Å². The first-order valence-electron chi connectivity index (χ1n) is 12.0. The van der Waals surface area contributed by atoms with E-state index in [2.05, 4.69) is 10.3 Å². The number of thiophene rings is 1. The molecule has 7 nitrogen and oxygen atoms in total. The zero-order chi connectivity index (χ0) is 22.8. The molecule has 8 heteroatoms. The minimum absolute atomic E-state index is 0.108. The van der Waals surface area contributed by atoms with E-state index in [0.717, 1.165) is 30.6 Å². The van der Waals surface area contributed by atoms with Crippen molar-refractivity contribution in [3.8, 4) is 0 Å². The predicted octanol–water partition coefficient (Wildman–Crippen LogP) is 3.56. The summed E-state index contributed by atoms with van der Waals surface area (Å²) in [5.74, 6) is 0.0931. The van der Waals surface area contributed by atoms with Crippen LogP contribution >= 0.6 is 11.3 Å². The van der Waals surface area contributed by atoms with Crippen molar-refractivity contribution in [2.75, 3.05) is 19.6 Å². The largest absolute Gasteiger partial charge is 0.342 e. The number of pyridine rings is 1. The molecule has 0 unspecified atom stereocenters. The van der Waals surface area contributed by atoms with Gasteiger partial charge in [0.25, 0.3) is 5.91 Å². The molecule has 0 bridgehead atoms. The lowest BCUT2D eigenvalue weighted by Gasteiger charge is -2.41. The summed E-state index contributed by atoms with van der Waals surface area (Å²) in [4.78, 5) is 48.8. The Morgan fingerprint density at radius 2 is 1.88 bits per heavy atom. The lowest BCUT2D eigenvalue weighted by molar-refractivity contribution is -0.138. The maximum Gasteiger partial charge on any atom is 0.325 e. The second-order valence-electron chi connectivity index (χ2n) is 9.32. The Morgan fingerprint density at radius 3 is 2.55 bits per heavy atom. The van der Waals surface area contributed by atoms with E-state index in [1.54, 1.807) is 17.5 Å². The number of urea groups is 1. The number of carbonyl (C=O) groups excluding carboxylic acids is 3. The van der Waals surface area contributed by atoms with Gasteiger partial charge in [-0.1, -0.05) is 25.0 Å². The van der Waals surface area contributed by atoms with Crippen LogP contribution in [0.4, 0.5) is 4.79 Å². The molecule has 0 spiro atoms. The first kappa shape index (κ1) is 22.1. The summed E-state index contributed by atoms with van der Waals surface area (Å²) >= 11 is 1.63. The molecule has 2 aromatic heterocycles. The molecule has 2 aliphatic heterocycles. The van der Waals surface area contributed by atoms with Gasteiger partial charge in [0, 0.05) is 42.5 Å². The molecule has 4 amide bonds. The first-order chi connectivity index (χ1) is 16.1. The lowest BCUT2D eigenvalue weighted by Crippen LogP contribution is -2.55. The summed E-state index contributed by atoms with van der Waals surface area (Å²) in [5, 5.41) is 5.06. The number of nitrogens with zero attached hydrogens (tertiary/aromatic N) is 3. The SMILES string of the molecule is O=C(C1CCCC1)N1CCC([C@]2(c3ccccn3)NC(=O)N(CCc3cccs3)C2=O)CC1. The van der Waals surface area contributed by atoms with Gasteiger partial charge in [-0.3, -0.25) is 19.5 Å². The summed E-state index contributed by atoms with van der Waals surface area (Å²) in [6, 6.07) is 9.15. The summed E-state index contributed by atoms with van der Waals surface area (Å²) in [6.45, 7) is 1.58. The molecule has 0 aromatic carbocycles. The van der Waals surface area contributed by atoms with E-state index < -0.39 is 5.54 Å². The van der Waals surface area contributed by atoms with Crippen LogP contribution in [0.25, 0.3) is 0 Å². The van der Waals surface area contributed by atoms with Gasteiger partial charge in [-0.05, 0) is 55.7 Å². The number of piperidine rings is 1. The third-order valence-electron chi connectivity index (χ3n) is 7.49. The van der Waals surface area contributed by atoms with Crippen molar-refractivity contribution in [3.05, 3.63) is 52.5 Å². The molecule has 1 aliphatic carbocycles. The molecule has 1 saturated carbocycles. The highest BCUT2D eigenvalue weighted by atomic mass is 32.1. The molecule has 33 heavy (non-hydrogen) atoms. The van der Waals surface area contributed by atoms with Crippen LogP contribution in [0.2, 0.25) is 0 Å². The molecule has 4 heterocycles. The molecular formula is C25H30N4O3S. The van der Waals surface area contributed by atoms with E-state index in [4.69, 9.17) is 0 Å². The molecule has 174 valence electrons. The maximum atomic E-state index is 13.8. The normalized spacial score (nSPS) is 24.5. The number of amides is 4. The van der Waals surface area contributed by atoms with Gasteiger partial charge in [0.15, 0.2) is 5.54 Å². The second-order valence-corrected chi connectivity index (χ2v) is 10.4. The van der Waals surface area contributed by atoms with E-state index in [9.17, 15) is 14.4 Å². The van der Waals surface area contributed by atoms with E-state index in [1.165, 1.54) is 4.90 Å². The number of hydrogen-bond donors (Lipinski definition) is 1. The van der Waals surface area contributed by atoms with Gasteiger partial charge >= 0.3 is 6.03 Å². The minimum Gasteiger partial charge on any atom is -0.342 e. The first-order valence-corrected chi connectivity index (χ1v) is 12.8. The van der Waals surface area contributed by atoms with Crippen molar-refractivity contribution in [2.24, 2.45) is 11.8 Å². The Morgan fingerprint density at radius 1 is 1.09 bits per heavy atom. The van der Waals surface area contributed by atoms with Gasteiger partial charge in [0.05, 0.1) is 5.69 Å². The summed E-state index contributed by atoms with van der Waals surface area (Å²) in [5.41, 5.74) is -0.585. The van der Waals surface area contributed by atoms with E-state index in [0.29, 0.717) is 44.6 Å². The Bertz CT molecular complexity index is 998. The molecule has 5 rings (SSSR count). The average Bonchev–Trinajstić information content (AvgIpc) is 3.61. The number of imide groups is 1. The van der Waals surface area contributed by atoms with Crippen molar-refractivity contribution in [1.82, 2.24) is 20.1 Å². The predicted molar refractivity (Wildman–Crippen MR) is 125 cm³/mol. The zero-order valence-corrected chi connectivity index (χ0v) is 19.6. The molecule has 2 aromatic rings. The Hall–Kier alpha value is -2.74. The number of nitrogens with one attached hydrogen (secondary N) is 1. The maximum absolute atomic E-state index is 13.8. The number of aromatic nitrogens is 1. The number of hydrogen-bond acceptors (Lipinski definition) is 5. The van der Waals surface area contributed by atoms with Crippen LogP contribution in [0, 0.1) is 11.8 Å². The van der Waals surface area contributed by atoms with Crippen molar-refractivity contribution in [3.63, 3.8) is 0 Å². The van der Waals surface area contributed by atoms with E-state index >= 15 is 0 Å². The van der Waals surface area contributed by atoms with E-state index in [-0.39, 0.29) is 29.7 Å². The van der Waals surface area contributed by atoms with Gasteiger partial charge in [0.1, 0.15) is 0 Å². The van der Waals surface area contributed by atoms with Crippen LogP contribution in [0.3, 0.4) is 0 Å². The highest BCUT2D eigenvalue weighted by molar-refractivity contribution is 7.09. The van der Waals surface area contributed by atoms with Crippen LogP contribution in [-0.2, 0) is 21.5 Å².